The van der Waals surface area contributed by atoms with Crippen molar-refractivity contribution in [3.05, 3.63) is 59.0 Å². The van der Waals surface area contributed by atoms with Gasteiger partial charge in [0, 0.05) is 19.2 Å². The first-order chi connectivity index (χ1) is 13.3. The van der Waals surface area contributed by atoms with Crippen LogP contribution in [-0.4, -0.2) is 33.6 Å². The predicted octanol–water partition coefficient (Wildman–Crippen LogP) is 2.81. The number of benzene rings is 1. The quantitative estimate of drug-likeness (QED) is 0.664. The Morgan fingerprint density at radius 3 is 2.45 bits per heavy atom. The molecule has 0 atom stereocenters. The second-order valence-corrected chi connectivity index (χ2v) is 5.56. The first-order valence-corrected chi connectivity index (χ1v) is 8.03. The highest BCUT2D eigenvalue weighted by Crippen LogP contribution is 2.19. The van der Waals surface area contributed by atoms with Crippen molar-refractivity contribution in [1.29, 1.82) is 0 Å². The molecule has 0 spiro atoms. The van der Waals surface area contributed by atoms with E-state index in [-0.39, 0.29) is 25.4 Å². The number of nitrogens with two attached hydrogens (primary N) is 1. The molecule has 0 aliphatic carbocycles. The first-order valence-electron chi connectivity index (χ1n) is 8.03. The number of fused-ring (bicyclic) bond motifs is 1. The van der Waals surface area contributed by atoms with E-state index in [0.717, 1.165) is 12.1 Å². The van der Waals surface area contributed by atoms with E-state index < -0.39 is 23.6 Å². The number of carbonyl (C=O) groups excluding carboxylic acids is 2. The van der Waals surface area contributed by atoms with Crippen molar-refractivity contribution in [2.75, 3.05) is 7.11 Å². The van der Waals surface area contributed by atoms with Crippen LogP contribution < -0.4 is 10.5 Å². The van der Waals surface area contributed by atoms with E-state index in [1.54, 1.807) is 13.0 Å². The summed E-state index contributed by atoms with van der Waals surface area (Å²) in [5.41, 5.74) is 6.89. The second-order valence-electron chi connectivity index (χ2n) is 5.56. The van der Waals surface area contributed by atoms with Crippen molar-refractivity contribution in [3.63, 3.8) is 0 Å². The molecule has 0 bridgehead atoms. The van der Waals surface area contributed by atoms with E-state index in [2.05, 4.69) is 14.8 Å². The number of aromatic nitrogens is 3. The monoisotopic (exact) mass is 408 g/mol. The van der Waals surface area contributed by atoms with Gasteiger partial charge in [0.1, 0.15) is 0 Å². The lowest BCUT2D eigenvalue weighted by atomic mass is 10.2. The Kier molecular flexibility index (Phi) is 8.34. The largest absolute Gasteiger partial charge is 0.464 e. The smallest absolute Gasteiger partial charge is 0.356 e. The molecule has 0 saturated heterocycles. The van der Waals surface area contributed by atoms with Crippen LogP contribution in [0.3, 0.4) is 0 Å². The molecule has 2 aromatic heterocycles. The molecule has 0 amide bonds. The minimum absolute atomic E-state index is 0. The van der Waals surface area contributed by atoms with Crippen LogP contribution >= 0.6 is 0 Å². The third-order valence-electron chi connectivity index (χ3n) is 3.49. The summed E-state index contributed by atoms with van der Waals surface area (Å²) < 4.78 is 35.6. The zero-order chi connectivity index (χ0) is 20.8. The lowest BCUT2D eigenvalue weighted by Crippen LogP contribution is -2.08. The summed E-state index contributed by atoms with van der Waals surface area (Å²) in [6, 6.07) is 5.16. The number of methoxy groups -OCH3 is 1. The van der Waals surface area contributed by atoms with Crippen LogP contribution in [0.25, 0.3) is 5.65 Å². The molecule has 0 fully saturated rings. The number of hydrogen-bond donors (Lipinski definition) is 1. The predicted molar refractivity (Wildman–Crippen MR) is 101 cm³/mol. The number of nitrogens with zero attached hydrogens (tertiary/aromatic N) is 3. The molecule has 0 aliphatic heterocycles. The summed E-state index contributed by atoms with van der Waals surface area (Å²) >= 11 is 0. The van der Waals surface area contributed by atoms with Crippen molar-refractivity contribution in [2.24, 2.45) is 5.73 Å². The van der Waals surface area contributed by atoms with Gasteiger partial charge in [0.15, 0.2) is 28.7 Å². The van der Waals surface area contributed by atoms with Gasteiger partial charge in [0.2, 0.25) is 0 Å². The fourth-order valence-electron chi connectivity index (χ4n) is 2.20. The molecular formula is C19H22F2N4O4. The average Bonchev–Trinajstić information content (AvgIpc) is 3.06. The molecule has 3 aromatic rings. The van der Waals surface area contributed by atoms with E-state index in [4.69, 9.17) is 10.5 Å². The van der Waals surface area contributed by atoms with E-state index in [1.165, 1.54) is 30.8 Å². The molecule has 29 heavy (non-hydrogen) atoms. The van der Waals surface area contributed by atoms with E-state index in [0.29, 0.717) is 16.9 Å². The Balaban J connectivity index is 0.000000327. The molecule has 3 rings (SSSR count). The molecular weight excluding hydrogens is 386 g/mol. The van der Waals surface area contributed by atoms with Crippen molar-refractivity contribution >= 4 is 17.6 Å². The van der Waals surface area contributed by atoms with Gasteiger partial charge < -0.3 is 15.2 Å². The fraction of sp³-hybridized carbons (Fsp3) is 0.263. The highest BCUT2D eigenvalue weighted by Gasteiger charge is 2.15. The molecule has 10 heteroatoms. The summed E-state index contributed by atoms with van der Waals surface area (Å²) in [4.78, 5) is 26.4. The van der Waals surface area contributed by atoms with E-state index in [1.807, 2.05) is 0 Å². The number of halogens is 2. The highest BCUT2D eigenvalue weighted by atomic mass is 19.2. The van der Waals surface area contributed by atoms with Gasteiger partial charge in [-0.15, -0.1) is 0 Å². The maximum atomic E-state index is 12.3. The van der Waals surface area contributed by atoms with Gasteiger partial charge in [0.05, 0.1) is 13.3 Å². The van der Waals surface area contributed by atoms with Crippen LogP contribution in [0.2, 0.25) is 0 Å². The maximum absolute atomic E-state index is 12.3. The van der Waals surface area contributed by atoms with Gasteiger partial charge in [-0.05, 0) is 30.7 Å². The Bertz CT molecular complexity index is 1020. The van der Waals surface area contributed by atoms with Crippen molar-refractivity contribution in [1.82, 2.24) is 14.6 Å². The standard InChI is InChI=1S/C11H11N3O4.C7H7F2N.CH4/c1-6-4-8(11(16)17-3)13-10-9(18-7(2)15)5-12-14(6)10;8-6-2-1-5(4-10)3-7(6)9;/h4-5H,1-3H3;1-3H,4,10H2;1H4. The van der Waals surface area contributed by atoms with Gasteiger partial charge in [0.25, 0.3) is 0 Å². The van der Waals surface area contributed by atoms with Crippen molar-refractivity contribution in [3.8, 4) is 5.75 Å². The molecule has 2 N–H and O–H groups in total. The average molecular weight is 408 g/mol. The van der Waals surface area contributed by atoms with Gasteiger partial charge in [-0.3, -0.25) is 4.79 Å². The summed E-state index contributed by atoms with van der Waals surface area (Å²) in [5.74, 6) is -2.51. The molecule has 8 nitrogen and oxygen atoms in total. The van der Waals surface area contributed by atoms with Crippen molar-refractivity contribution in [2.45, 2.75) is 27.8 Å². The number of rotatable bonds is 3. The van der Waals surface area contributed by atoms with Crippen LogP contribution in [-0.2, 0) is 16.1 Å². The normalized spacial score (nSPS) is 9.86. The minimum atomic E-state index is -0.844. The lowest BCUT2D eigenvalue weighted by molar-refractivity contribution is -0.131. The topological polar surface area (TPSA) is 109 Å². The number of esters is 2. The van der Waals surface area contributed by atoms with Crippen LogP contribution in [0, 0.1) is 18.6 Å². The molecule has 1 aromatic carbocycles. The van der Waals surface area contributed by atoms with Gasteiger partial charge in [-0.2, -0.15) is 5.10 Å². The zero-order valence-corrected chi connectivity index (χ0v) is 15.4. The number of carbonyl (C=O) groups is 2. The van der Waals surface area contributed by atoms with Crippen LogP contribution in [0.5, 0.6) is 5.75 Å². The third kappa shape index (κ3) is 5.79. The summed E-state index contributed by atoms with van der Waals surface area (Å²) in [6.45, 7) is 3.27. The lowest BCUT2D eigenvalue weighted by Gasteiger charge is -2.03. The Hall–Kier alpha value is -3.40. The first kappa shape index (κ1) is 23.6. The summed E-state index contributed by atoms with van der Waals surface area (Å²) in [5, 5.41) is 4.02. The van der Waals surface area contributed by atoms with Gasteiger partial charge in [-0.1, -0.05) is 13.5 Å². The zero-order valence-electron chi connectivity index (χ0n) is 15.4. The van der Waals surface area contributed by atoms with E-state index in [9.17, 15) is 18.4 Å². The minimum Gasteiger partial charge on any atom is -0.464 e. The second kappa shape index (κ2) is 10.2. The number of aryl methyl sites for hydroxylation is 1. The molecule has 0 radical (unpaired) electrons. The summed E-state index contributed by atoms with van der Waals surface area (Å²) in [7, 11) is 1.27. The molecule has 156 valence electrons. The number of ether oxygens (including phenoxy) is 2. The Morgan fingerprint density at radius 1 is 1.21 bits per heavy atom. The summed E-state index contributed by atoms with van der Waals surface area (Å²) in [6.07, 6.45) is 1.37. The Morgan fingerprint density at radius 2 is 1.90 bits per heavy atom. The number of hydrogen-bond acceptors (Lipinski definition) is 7. The highest BCUT2D eigenvalue weighted by molar-refractivity contribution is 5.88. The molecule has 0 saturated carbocycles. The van der Waals surface area contributed by atoms with Crippen molar-refractivity contribution < 1.29 is 27.8 Å². The SMILES string of the molecule is C.COC(=O)c1cc(C)n2ncc(OC(C)=O)c2n1.NCc1ccc(F)c(F)c1. The van der Waals surface area contributed by atoms with Crippen LogP contribution in [0.1, 0.15) is 36.1 Å². The van der Waals surface area contributed by atoms with Gasteiger partial charge >= 0.3 is 11.9 Å². The molecule has 0 unspecified atom stereocenters. The van der Waals surface area contributed by atoms with Crippen LogP contribution in [0.15, 0.2) is 30.5 Å². The molecule has 2 heterocycles. The Labute approximate surface area is 166 Å². The third-order valence-corrected chi connectivity index (χ3v) is 3.49. The van der Waals surface area contributed by atoms with Gasteiger partial charge in [-0.25, -0.2) is 23.1 Å². The van der Waals surface area contributed by atoms with E-state index >= 15 is 0 Å². The fourth-order valence-corrected chi connectivity index (χ4v) is 2.20. The maximum Gasteiger partial charge on any atom is 0.356 e. The molecule has 0 aliphatic rings. The van der Waals surface area contributed by atoms with Crippen LogP contribution in [0.4, 0.5) is 8.78 Å².